The highest BCUT2D eigenvalue weighted by Crippen LogP contribution is 2.18. The van der Waals surface area contributed by atoms with Crippen molar-refractivity contribution in [3.8, 4) is 0 Å². The molecule has 0 bridgehead atoms. The summed E-state index contributed by atoms with van der Waals surface area (Å²) in [6.45, 7) is 6.67. The molecule has 0 nitrogen and oxygen atoms in total. The molecule has 1 aromatic rings. The Morgan fingerprint density at radius 3 is 2.50 bits per heavy atom. The molecule has 1 aromatic carbocycles. The summed E-state index contributed by atoms with van der Waals surface area (Å²) in [5.74, 6) is 1.75. The number of rotatable bonds is 4. The van der Waals surface area contributed by atoms with E-state index in [1.807, 2.05) is 11.8 Å². The van der Waals surface area contributed by atoms with Crippen LogP contribution in [-0.4, -0.2) is 5.75 Å². The number of allylic oxidation sites excluding steroid dienone is 1. The van der Waals surface area contributed by atoms with Gasteiger partial charge in [0.25, 0.3) is 0 Å². The number of thioether (sulfide) groups is 1. The molecule has 1 heteroatoms. The fourth-order valence-electron chi connectivity index (χ4n) is 1.02. The van der Waals surface area contributed by atoms with Crippen LogP contribution in [0.5, 0.6) is 0 Å². The third-order valence-corrected chi connectivity index (χ3v) is 3.25. The topological polar surface area (TPSA) is 0 Å². The molecule has 0 atom stereocenters. The van der Waals surface area contributed by atoms with Gasteiger partial charge in [0.2, 0.25) is 0 Å². The summed E-state index contributed by atoms with van der Waals surface area (Å²) in [6.07, 6.45) is 2.32. The molecule has 0 saturated heterocycles. The minimum absolute atomic E-state index is 0.673. The van der Waals surface area contributed by atoms with Gasteiger partial charge in [-0.3, -0.25) is 0 Å². The first-order chi connectivity index (χ1) is 6.70. The minimum Gasteiger partial charge on any atom is -0.122 e. The Kier molecular flexibility index (Phi) is 4.81. The summed E-state index contributed by atoms with van der Waals surface area (Å²) in [4.78, 5) is 1.35. The zero-order valence-corrected chi connectivity index (χ0v) is 9.97. The summed E-state index contributed by atoms with van der Waals surface area (Å²) >= 11 is 1.89. The van der Waals surface area contributed by atoms with Crippen molar-refractivity contribution in [1.82, 2.24) is 0 Å². The Balaban J connectivity index is 2.39. The van der Waals surface area contributed by atoms with Crippen LogP contribution in [0.1, 0.15) is 20.8 Å². The maximum Gasteiger partial charge on any atom is 0.0163 e. The maximum absolute atomic E-state index is 2.32. The van der Waals surface area contributed by atoms with Crippen molar-refractivity contribution in [3.05, 3.63) is 42.0 Å². The molecule has 0 aliphatic heterocycles. The fraction of sp³-hybridized carbons (Fsp3) is 0.385. The summed E-state index contributed by atoms with van der Waals surface area (Å²) in [5, 5.41) is 0. The van der Waals surface area contributed by atoms with E-state index in [1.54, 1.807) is 0 Å². The fourth-order valence-corrected chi connectivity index (χ4v) is 1.91. The van der Waals surface area contributed by atoms with Crippen LogP contribution >= 0.6 is 11.8 Å². The Labute approximate surface area is 91.4 Å². The number of benzene rings is 1. The van der Waals surface area contributed by atoms with Gasteiger partial charge in [-0.1, -0.05) is 43.7 Å². The zero-order valence-electron chi connectivity index (χ0n) is 9.16. The predicted molar refractivity (Wildman–Crippen MR) is 65.8 cm³/mol. The molecule has 0 unspecified atom stereocenters. The van der Waals surface area contributed by atoms with E-state index in [2.05, 4.69) is 57.2 Å². The molecule has 0 aliphatic rings. The Morgan fingerprint density at radius 2 is 1.93 bits per heavy atom. The van der Waals surface area contributed by atoms with Gasteiger partial charge in [-0.2, -0.15) is 0 Å². The van der Waals surface area contributed by atoms with Gasteiger partial charge in [0.15, 0.2) is 0 Å². The van der Waals surface area contributed by atoms with E-state index in [1.165, 1.54) is 10.5 Å². The van der Waals surface area contributed by atoms with Gasteiger partial charge in [0, 0.05) is 10.6 Å². The average molecular weight is 206 g/mol. The summed E-state index contributed by atoms with van der Waals surface area (Å²) in [6, 6.07) is 10.5. The van der Waals surface area contributed by atoms with Crippen molar-refractivity contribution >= 4 is 11.8 Å². The van der Waals surface area contributed by atoms with Gasteiger partial charge in [0.05, 0.1) is 0 Å². The Bertz CT molecular complexity index is 285. The van der Waals surface area contributed by atoms with Crippen molar-refractivity contribution in [3.63, 3.8) is 0 Å². The van der Waals surface area contributed by atoms with Crippen LogP contribution in [-0.2, 0) is 0 Å². The monoisotopic (exact) mass is 206 g/mol. The molecular weight excluding hydrogens is 188 g/mol. The molecule has 0 aliphatic carbocycles. The molecule has 1 rings (SSSR count). The van der Waals surface area contributed by atoms with E-state index >= 15 is 0 Å². The van der Waals surface area contributed by atoms with E-state index in [9.17, 15) is 0 Å². The maximum atomic E-state index is 2.32. The van der Waals surface area contributed by atoms with Gasteiger partial charge in [0.1, 0.15) is 0 Å². The normalized spacial score (nSPS) is 12.1. The van der Waals surface area contributed by atoms with Crippen LogP contribution in [0.2, 0.25) is 0 Å². The Morgan fingerprint density at radius 1 is 1.29 bits per heavy atom. The van der Waals surface area contributed by atoms with Gasteiger partial charge >= 0.3 is 0 Å². The molecule has 14 heavy (non-hydrogen) atoms. The molecule has 0 fully saturated rings. The van der Waals surface area contributed by atoms with E-state index in [-0.39, 0.29) is 0 Å². The van der Waals surface area contributed by atoms with Crippen LogP contribution < -0.4 is 0 Å². The summed E-state index contributed by atoms with van der Waals surface area (Å²) in [7, 11) is 0. The number of hydrogen-bond donors (Lipinski definition) is 0. The van der Waals surface area contributed by atoms with E-state index in [4.69, 9.17) is 0 Å². The first-order valence-electron chi connectivity index (χ1n) is 5.04. The smallest absolute Gasteiger partial charge is 0.0163 e. The molecule has 0 N–H and O–H groups in total. The standard InChI is InChI=1S/C13H18S/c1-11(2)12(3)9-10-14-13-7-5-4-6-8-13/h4-9,11H,10H2,1-3H3/b12-9+. The van der Waals surface area contributed by atoms with E-state index in [0.29, 0.717) is 5.92 Å². The van der Waals surface area contributed by atoms with Gasteiger partial charge in [-0.05, 0) is 25.0 Å². The molecular formula is C13H18S. The summed E-state index contributed by atoms with van der Waals surface area (Å²) in [5.41, 5.74) is 1.48. The largest absolute Gasteiger partial charge is 0.122 e. The van der Waals surface area contributed by atoms with Crippen molar-refractivity contribution in [2.45, 2.75) is 25.7 Å². The molecule has 0 saturated carbocycles. The number of hydrogen-bond acceptors (Lipinski definition) is 1. The van der Waals surface area contributed by atoms with Crippen molar-refractivity contribution in [2.24, 2.45) is 5.92 Å². The third-order valence-electron chi connectivity index (χ3n) is 2.31. The van der Waals surface area contributed by atoms with Crippen LogP contribution in [0.4, 0.5) is 0 Å². The lowest BCUT2D eigenvalue weighted by Gasteiger charge is -2.04. The van der Waals surface area contributed by atoms with Gasteiger partial charge in [-0.15, -0.1) is 11.8 Å². The highest BCUT2D eigenvalue weighted by Gasteiger charge is 1.95. The van der Waals surface area contributed by atoms with E-state index in [0.717, 1.165) is 5.75 Å². The average Bonchev–Trinajstić information content (AvgIpc) is 2.19. The van der Waals surface area contributed by atoms with Crippen molar-refractivity contribution in [1.29, 1.82) is 0 Å². The molecule has 0 aromatic heterocycles. The lowest BCUT2D eigenvalue weighted by atomic mass is 10.1. The zero-order chi connectivity index (χ0) is 10.4. The van der Waals surface area contributed by atoms with Gasteiger partial charge in [-0.25, -0.2) is 0 Å². The van der Waals surface area contributed by atoms with Crippen molar-refractivity contribution in [2.75, 3.05) is 5.75 Å². The predicted octanol–water partition coefficient (Wildman–Crippen LogP) is 4.38. The first kappa shape index (κ1) is 11.4. The SMILES string of the molecule is C/C(=C\CSc1ccccc1)C(C)C. The highest BCUT2D eigenvalue weighted by molar-refractivity contribution is 7.99. The van der Waals surface area contributed by atoms with Crippen LogP contribution in [0.3, 0.4) is 0 Å². The quantitative estimate of drug-likeness (QED) is 0.520. The second kappa shape index (κ2) is 5.92. The molecule has 0 heterocycles. The summed E-state index contributed by atoms with van der Waals surface area (Å²) < 4.78 is 0. The lowest BCUT2D eigenvalue weighted by molar-refractivity contribution is 0.767. The second-order valence-electron chi connectivity index (χ2n) is 3.73. The van der Waals surface area contributed by atoms with Crippen molar-refractivity contribution < 1.29 is 0 Å². The van der Waals surface area contributed by atoms with Crippen LogP contribution in [0.15, 0.2) is 46.9 Å². The van der Waals surface area contributed by atoms with Crippen LogP contribution in [0.25, 0.3) is 0 Å². The molecule has 0 amide bonds. The molecule has 76 valence electrons. The lowest BCUT2D eigenvalue weighted by Crippen LogP contribution is -1.89. The minimum atomic E-state index is 0.673. The third kappa shape index (κ3) is 4.01. The first-order valence-corrected chi connectivity index (χ1v) is 6.03. The molecule has 0 radical (unpaired) electrons. The second-order valence-corrected chi connectivity index (χ2v) is 4.82. The van der Waals surface area contributed by atoms with Crippen LogP contribution in [0, 0.1) is 5.92 Å². The Hall–Kier alpha value is -0.690. The highest BCUT2D eigenvalue weighted by atomic mass is 32.2. The van der Waals surface area contributed by atoms with Gasteiger partial charge < -0.3 is 0 Å². The van der Waals surface area contributed by atoms with E-state index < -0.39 is 0 Å². The molecule has 0 spiro atoms.